The number of rotatable bonds is 3. The summed E-state index contributed by atoms with van der Waals surface area (Å²) in [6, 6.07) is 7.71. The van der Waals surface area contributed by atoms with E-state index in [4.69, 9.17) is 15.2 Å². The van der Waals surface area contributed by atoms with Crippen molar-refractivity contribution in [1.82, 2.24) is 9.61 Å². The number of aromatic nitrogens is 2. The van der Waals surface area contributed by atoms with Gasteiger partial charge < -0.3 is 15.2 Å². The third kappa shape index (κ3) is 2.11. The number of nitrogens with zero attached hydrogens (tertiary/aromatic N) is 2. The van der Waals surface area contributed by atoms with E-state index in [-0.39, 0.29) is 5.75 Å². The number of ether oxygens (including phenoxy) is 2. The fourth-order valence-corrected chi connectivity index (χ4v) is 1.88. The summed E-state index contributed by atoms with van der Waals surface area (Å²) in [5, 5.41) is 4.11. The minimum Gasteiger partial charge on any atom is -0.495 e. The molecule has 0 bridgehead atoms. The van der Waals surface area contributed by atoms with Gasteiger partial charge in [-0.05, 0) is 18.2 Å². The van der Waals surface area contributed by atoms with Gasteiger partial charge in [0.1, 0.15) is 11.3 Å². The standard InChI is InChI=1S/C14H12FN3O2/c1-19-10-7-14(12-4-5-17-18(12)8-10)20-13-3-2-9(16)6-11(13)15/h2-8H,16H2,1H3. The van der Waals surface area contributed by atoms with Crippen molar-refractivity contribution in [3.63, 3.8) is 0 Å². The van der Waals surface area contributed by atoms with Gasteiger partial charge in [-0.1, -0.05) is 0 Å². The molecule has 0 amide bonds. The van der Waals surface area contributed by atoms with Crippen LogP contribution in [0, 0.1) is 5.82 Å². The van der Waals surface area contributed by atoms with Gasteiger partial charge in [0.2, 0.25) is 0 Å². The Morgan fingerprint density at radius 2 is 2.05 bits per heavy atom. The molecule has 0 aliphatic rings. The molecular weight excluding hydrogens is 261 g/mol. The lowest BCUT2D eigenvalue weighted by Crippen LogP contribution is -1.96. The summed E-state index contributed by atoms with van der Waals surface area (Å²) in [5.74, 6) is 0.582. The zero-order valence-electron chi connectivity index (χ0n) is 10.7. The Kier molecular flexibility index (Phi) is 2.90. The molecule has 3 rings (SSSR count). The Labute approximate surface area is 114 Å². The summed E-state index contributed by atoms with van der Waals surface area (Å²) in [7, 11) is 1.54. The van der Waals surface area contributed by atoms with Crippen molar-refractivity contribution < 1.29 is 13.9 Å². The second-order valence-electron chi connectivity index (χ2n) is 4.20. The number of hydrogen-bond donors (Lipinski definition) is 1. The van der Waals surface area contributed by atoms with Gasteiger partial charge in [-0.3, -0.25) is 0 Å². The Balaban J connectivity index is 2.07. The number of benzene rings is 1. The number of halogens is 1. The molecule has 0 atom stereocenters. The first-order chi connectivity index (χ1) is 9.67. The summed E-state index contributed by atoms with van der Waals surface area (Å²) in [5.41, 5.74) is 6.56. The summed E-state index contributed by atoms with van der Waals surface area (Å²) >= 11 is 0. The Morgan fingerprint density at radius 3 is 2.80 bits per heavy atom. The molecule has 5 nitrogen and oxygen atoms in total. The summed E-state index contributed by atoms with van der Waals surface area (Å²) in [4.78, 5) is 0. The summed E-state index contributed by atoms with van der Waals surface area (Å²) in [6.45, 7) is 0. The van der Waals surface area contributed by atoms with Crippen LogP contribution in [-0.2, 0) is 0 Å². The van der Waals surface area contributed by atoms with Gasteiger partial charge in [0.15, 0.2) is 17.3 Å². The largest absolute Gasteiger partial charge is 0.495 e. The number of anilines is 1. The first-order valence-corrected chi connectivity index (χ1v) is 5.91. The summed E-state index contributed by atoms with van der Waals surface area (Å²) in [6.07, 6.45) is 3.34. The highest BCUT2D eigenvalue weighted by atomic mass is 19.1. The van der Waals surface area contributed by atoms with E-state index in [1.54, 1.807) is 35.1 Å². The predicted molar refractivity (Wildman–Crippen MR) is 72.6 cm³/mol. The van der Waals surface area contributed by atoms with Crippen LogP contribution in [0.1, 0.15) is 0 Å². The second kappa shape index (κ2) is 4.73. The molecule has 0 saturated heterocycles. The molecule has 2 N–H and O–H groups in total. The maximum atomic E-state index is 13.8. The number of hydrogen-bond acceptors (Lipinski definition) is 4. The van der Waals surface area contributed by atoms with E-state index in [2.05, 4.69) is 5.10 Å². The van der Waals surface area contributed by atoms with E-state index in [9.17, 15) is 4.39 Å². The summed E-state index contributed by atoms with van der Waals surface area (Å²) < 4.78 is 26.2. The van der Waals surface area contributed by atoms with Crippen molar-refractivity contribution in [2.45, 2.75) is 0 Å². The SMILES string of the molecule is COc1cc(Oc2ccc(N)cc2F)c2ccnn2c1. The van der Waals surface area contributed by atoms with Gasteiger partial charge in [-0.2, -0.15) is 5.10 Å². The zero-order valence-corrected chi connectivity index (χ0v) is 10.7. The van der Waals surface area contributed by atoms with Crippen LogP contribution in [0.4, 0.5) is 10.1 Å². The van der Waals surface area contributed by atoms with Crippen LogP contribution in [0.3, 0.4) is 0 Å². The molecule has 0 saturated carbocycles. The highest BCUT2D eigenvalue weighted by Crippen LogP contribution is 2.31. The third-order valence-corrected chi connectivity index (χ3v) is 2.86. The average molecular weight is 273 g/mol. The molecule has 6 heteroatoms. The molecule has 0 fully saturated rings. The number of nitrogens with two attached hydrogens (primary N) is 1. The van der Waals surface area contributed by atoms with Gasteiger partial charge >= 0.3 is 0 Å². The predicted octanol–water partition coefficient (Wildman–Crippen LogP) is 2.86. The van der Waals surface area contributed by atoms with Crippen molar-refractivity contribution in [2.24, 2.45) is 0 Å². The zero-order chi connectivity index (χ0) is 14.1. The minimum absolute atomic E-state index is 0.0931. The van der Waals surface area contributed by atoms with Crippen LogP contribution in [-0.4, -0.2) is 16.7 Å². The maximum absolute atomic E-state index is 13.8. The molecule has 20 heavy (non-hydrogen) atoms. The van der Waals surface area contributed by atoms with Crippen molar-refractivity contribution in [2.75, 3.05) is 12.8 Å². The van der Waals surface area contributed by atoms with Crippen molar-refractivity contribution in [3.8, 4) is 17.2 Å². The average Bonchev–Trinajstić information content (AvgIpc) is 2.90. The molecule has 0 aliphatic carbocycles. The Hall–Kier alpha value is -2.76. The normalized spacial score (nSPS) is 10.7. The maximum Gasteiger partial charge on any atom is 0.167 e. The Bertz CT molecular complexity index is 770. The van der Waals surface area contributed by atoms with Gasteiger partial charge in [0.25, 0.3) is 0 Å². The van der Waals surface area contributed by atoms with Gasteiger partial charge in [0.05, 0.1) is 19.5 Å². The van der Waals surface area contributed by atoms with Crippen LogP contribution in [0.5, 0.6) is 17.2 Å². The lowest BCUT2D eigenvalue weighted by atomic mass is 10.3. The van der Waals surface area contributed by atoms with E-state index < -0.39 is 5.82 Å². The van der Waals surface area contributed by atoms with E-state index in [1.165, 1.54) is 19.2 Å². The molecule has 0 radical (unpaired) electrons. The van der Waals surface area contributed by atoms with Crippen LogP contribution in [0.2, 0.25) is 0 Å². The topological polar surface area (TPSA) is 61.8 Å². The van der Waals surface area contributed by atoms with E-state index in [0.29, 0.717) is 22.7 Å². The first kappa shape index (κ1) is 12.3. The lowest BCUT2D eigenvalue weighted by molar-refractivity contribution is 0.402. The van der Waals surface area contributed by atoms with Gasteiger partial charge in [-0.25, -0.2) is 8.91 Å². The first-order valence-electron chi connectivity index (χ1n) is 5.91. The highest BCUT2D eigenvalue weighted by molar-refractivity contribution is 5.62. The fourth-order valence-electron chi connectivity index (χ4n) is 1.88. The van der Waals surface area contributed by atoms with E-state index in [0.717, 1.165) is 0 Å². The number of methoxy groups -OCH3 is 1. The van der Waals surface area contributed by atoms with Crippen molar-refractivity contribution in [3.05, 3.63) is 48.5 Å². The van der Waals surface area contributed by atoms with E-state index >= 15 is 0 Å². The van der Waals surface area contributed by atoms with Gasteiger partial charge in [0, 0.05) is 17.8 Å². The second-order valence-corrected chi connectivity index (χ2v) is 4.20. The molecule has 2 heterocycles. The smallest absolute Gasteiger partial charge is 0.167 e. The van der Waals surface area contributed by atoms with Crippen LogP contribution < -0.4 is 15.2 Å². The molecule has 102 valence electrons. The van der Waals surface area contributed by atoms with Crippen LogP contribution >= 0.6 is 0 Å². The molecule has 0 unspecified atom stereocenters. The van der Waals surface area contributed by atoms with Crippen molar-refractivity contribution >= 4 is 11.2 Å². The van der Waals surface area contributed by atoms with Crippen molar-refractivity contribution in [1.29, 1.82) is 0 Å². The third-order valence-electron chi connectivity index (χ3n) is 2.86. The fraction of sp³-hybridized carbons (Fsp3) is 0.0714. The number of pyridine rings is 1. The number of fused-ring (bicyclic) bond motifs is 1. The molecular formula is C14H12FN3O2. The molecule has 0 aliphatic heterocycles. The molecule has 3 aromatic rings. The van der Waals surface area contributed by atoms with E-state index in [1.807, 2.05) is 0 Å². The Morgan fingerprint density at radius 1 is 1.20 bits per heavy atom. The lowest BCUT2D eigenvalue weighted by Gasteiger charge is -2.10. The quantitative estimate of drug-likeness (QED) is 0.745. The van der Waals surface area contributed by atoms with Crippen LogP contribution in [0.15, 0.2) is 42.7 Å². The number of nitrogen functional groups attached to an aromatic ring is 1. The minimum atomic E-state index is -0.523. The molecule has 2 aromatic heterocycles. The molecule has 0 spiro atoms. The van der Waals surface area contributed by atoms with Gasteiger partial charge in [-0.15, -0.1) is 0 Å². The highest BCUT2D eigenvalue weighted by Gasteiger charge is 2.11. The molecule has 1 aromatic carbocycles. The van der Waals surface area contributed by atoms with Crippen LogP contribution in [0.25, 0.3) is 5.52 Å². The monoisotopic (exact) mass is 273 g/mol.